The van der Waals surface area contributed by atoms with Crippen molar-refractivity contribution in [2.75, 3.05) is 7.11 Å². The van der Waals surface area contributed by atoms with Crippen LogP contribution in [0.25, 0.3) is 0 Å². The van der Waals surface area contributed by atoms with Gasteiger partial charge in [-0.2, -0.15) is 0 Å². The number of ether oxygens (including phenoxy) is 1. The van der Waals surface area contributed by atoms with Crippen LogP contribution in [0.15, 0.2) is 4.79 Å². The van der Waals surface area contributed by atoms with Gasteiger partial charge in [-0.3, -0.25) is 9.78 Å². The molecule has 1 fully saturated rings. The number of hydrogen-bond acceptors (Lipinski definition) is 5. The highest BCUT2D eigenvalue weighted by molar-refractivity contribution is 5.92. The second-order valence-corrected chi connectivity index (χ2v) is 5.20. The van der Waals surface area contributed by atoms with Gasteiger partial charge in [-0.25, -0.2) is 4.79 Å². The minimum absolute atomic E-state index is 0.219. The van der Waals surface area contributed by atoms with Gasteiger partial charge in [0.05, 0.1) is 12.7 Å². The number of hydrogen-bond donors (Lipinski definition) is 3. The SMILES string of the molecule is COC(=O)c1c(O)c(CC2CCCCC2)c(O)[nH]c1=O. The fraction of sp³-hybridized carbons (Fsp3) is 0.571. The molecule has 1 heterocycles. The number of rotatable bonds is 3. The van der Waals surface area contributed by atoms with E-state index < -0.39 is 22.8 Å². The molecule has 6 heteroatoms. The zero-order chi connectivity index (χ0) is 14.7. The summed E-state index contributed by atoms with van der Waals surface area (Å²) in [7, 11) is 1.13. The summed E-state index contributed by atoms with van der Waals surface area (Å²) < 4.78 is 4.48. The van der Waals surface area contributed by atoms with Crippen molar-refractivity contribution < 1.29 is 19.7 Å². The van der Waals surface area contributed by atoms with Gasteiger partial charge in [-0.1, -0.05) is 32.1 Å². The van der Waals surface area contributed by atoms with Crippen LogP contribution in [-0.2, 0) is 11.2 Å². The maximum atomic E-state index is 11.6. The molecule has 0 unspecified atom stereocenters. The predicted octanol–water partition coefficient (Wildman–Crippen LogP) is 1.70. The van der Waals surface area contributed by atoms with E-state index >= 15 is 0 Å². The van der Waals surface area contributed by atoms with Crippen LogP contribution >= 0.6 is 0 Å². The van der Waals surface area contributed by atoms with Crippen LogP contribution in [0.1, 0.15) is 48.0 Å². The van der Waals surface area contributed by atoms with Crippen LogP contribution in [0.2, 0.25) is 0 Å². The monoisotopic (exact) mass is 281 g/mol. The Morgan fingerprint density at radius 3 is 2.55 bits per heavy atom. The Hall–Kier alpha value is -1.98. The number of carbonyl (C=O) groups is 1. The van der Waals surface area contributed by atoms with E-state index in [1.807, 2.05) is 0 Å². The largest absolute Gasteiger partial charge is 0.506 e. The van der Waals surface area contributed by atoms with Crippen molar-refractivity contribution in [3.63, 3.8) is 0 Å². The predicted molar refractivity (Wildman–Crippen MR) is 72.0 cm³/mol. The van der Waals surface area contributed by atoms with Gasteiger partial charge in [0.1, 0.15) is 5.75 Å². The quantitative estimate of drug-likeness (QED) is 0.732. The summed E-state index contributed by atoms with van der Waals surface area (Å²) in [6.45, 7) is 0. The normalized spacial score (nSPS) is 16.1. The average Bonchev–Trinajstić information content (AvgIpc) is 2.44. The van der Waals surface area contributed by atoms with E-state index in [1.165, 1.54) is 6.42 Å². The van der Waals surface area contributed by atoms with Gasteiger partial charge in [0.2, 0.25) is 0 Å². The lowest BCUT2D eigenvalue weighted by Gasteiger charge is -2.22. The van der Waals surface area contributed by atoms with Crippen molar-refractivity contribution >= 4 is 5.97 Å². The van der Waals surface area contributed by atoms with Crippen molar-refractivity contribution in [1.29, 1.82) is 0 Å². The number of esters is 1. The first-order chi connectivity index (χ1) is 9.54. The Labute approximate surface area is 116 Å². The molecule has 1 aliphatic rings. The van der Waals surface area contributed by atoms with Gasteiger partial charge in [0, 0.05) is 0 Å². The molecule has 0 saturated heterocycles. The van der Waals surface area contributed by atoms with E-state index in [2.05, 4.69) is 9.72 Å². The highest BCUT2D eigenvalue weighted by Gasteiger charge is 2.25. The molecule has 1 aliphatic carbocycles. The van der Waals surface area contributed by atoms with Gasteiger partial charge in [-0.15, -0.1) is 0 Å². The summed E-state index contributed by atoms with van der Waals surface area (Å²) in [6, 6.07) is 0. The van der Waals surface area contributed by atoms with Crippen LogP contribution in [0.5, 0.6) is 11.6 Å². The Morgan fingerprint density at radius 1 is 1.30 bits per heavy atom. The fourth-order valence-electron chi connectivity index (χ4n) is 2.78. The number of H-pyrrole nitrogens is 1. The Balaban J connectivity index is 2.36. The first kappa shape index (κ1) is 14.4. The van der Waals surface area contributed by atoms with Crippen LogP contribution in [0.3, 0.4) is 0 Å². The maximum Gasteiger partial charge on any atom is 0.347 e. The Bertz CT molecular complexity index is 557. The van der Waals surface area contributed by atoms with Crippen molar-refractivity contribution in [3.8, 4) is 11.6 Å². The minimum Gasteiger partial charge on any atom is -0.506 e. The fourth-order valence-corrected chi connectivity index (χ4v) is 2.78. The molecule has 0 bridgehead atoms. The zero-order valence-corrected chi connectivity index (χ0v) is 11.4. The second kappa shape index (κ2) is 5.98. The molecule has 1 aromatic heterocycles. The van der Waals surface area contributed by atoms with E-state index in [-0.39, 0.29) is 11.4 Å². The second-order valence-electron chi connectivity index (χ2n) is 5.20. The third-order valence-electron chi connectivity index (χ3n) is 3.87. The molecule has 0 radical (unpaired) electrons. The van der Waals surface area contributed by atoms with E-state index in [9.17, 15) is 19.8 Å². The lowest BCUT2D eigenvalue weighted by atomic mass is 9.84. The Morgan fingerprint density at radius 2 is 1.95 bits per heavy atom. The number of carbonyl (C=O) groups excluding carboxylic acids is 1. The van der Waals surface area contributed by atoms with Crippen molar-refractivity contribution in [1.82, 2.24) is 4.98 Å². The van der Waals surface area contributed by atoms with E-state index in [0.717, 1.165) is 32.8 Å². The van der Waals surface area contributed by atoms with Crippen LogP contribution in [0.4, 0.5) is 0 Å². The molecule has 6 nitrogen and oxygen atoms in total. The van der Waals surface area contributed by atoms with Crippen LogP contribution in [-0.4, -0.2) is 28.3 Å². The topological polar surface area (TPSA) is 99.6 Å². The number of methoxy groups -OCH3 is 1. The summed E-state index contributed by atoms with van der Waals surface area (Å²) in [5, 5.41) is 19.9. The molecule has 0 spiro atoms. The summed E-state index contributed by atoms with van der Waals surface area (Å²) >= 11 is 0. The molecule has 3 N–H and O–H groups in total. The molecular formula is C14H19NO5. The van der Waals surface area contributed by atoms with Crippen molar-refractivity contribution in [2.45, 2.75) is 38.5 Å². The van der Waals surface area contributed by atoms with Gasteiger partial charge in [0.15, 0.2) is 11.4 Å². The van der Waals surface area contributed by atoms with Gasteiger partial charge in [0.25, 0.3) is 5.56 Å². The highest BCUT2D eigenvalue weighted by Crippen LogP contribution is 2.33. The molecule has 1 saturated carbocycles. The molecule has 0 aliphatic heterocycles. The third kappa shape index (κ3) is 2.79. The summed E-state index contributed by atoms with van der Waals surface area (Å²) in [4.78, 5) is 25.3. The maximum absolute atomic E-state index is 11.6. The first-order valence-electron chi connectivity index (χ1n) is 6.80. The number of aromatic hydroxyl groups is 2. The molecule has 2 rings (SSSR count). The minimum atomic E-state index is -0.909. The van der Waals surface area contributed by atoms with Gasteiger partial charge >= 0.3 is 5.97 Å². The van der Waals surface area contributed by atoms with Crippen LogP contribution < -0.4 is 5.56 Å². The van der Waals surface area contributed by atoms with Crippen molar-refractivity contribution in [3.05, 3.63) is 21.5 Å². The Kier molecular flexibility index (Phi) is 4.32. The van der Waals surface area contributed by atoms with Gasteiger partial charge in [-0.05, 0) is 12.3 Å². The lowest BCUT2D eigenvalue weighted by molar-refractivity contribution is 0.0595. The average molecular weight is 281 g/mol. The molecule has 0 aromatic carbocycles. The summed E-state index contributed by atoms with van der Waals surface area (Å²) in [5.41, 5.74) is -1.08. The molecule has 0 atom stereocenters. The molecule has 0 amide bonds. The van der Waals surface area contributed by atoms with Crippen molar-refractivity contribution in [2.24, 2.45) is 5.92 Å². The van der Waals surface area contributed by atoms with E-state index in [1.54, 1.807) is 0 Å². The summed E-state index contributed by atoms with van der Waals surface area (Å²) in [6.07, 6.45) is 5.93. The number of aromatic nitrogens is 1. The summed E-state index contributed by atoms with van der Waals surface area (Å²) in [5.74, 6) is -1.40. The smallest absolute Gasteiger partial charge is 0.347 e. The highest BCUT2D eigenvalue weighted by atomic mass is 16.5. The zero-order valence-electron chi connectivity index (χ0n) is 11.4. The third-order valence-corrected chi connectivity index (χ3v) is 3.87. The number of pyridine rings is 1. The standard InChI is InChI=1S/C14H19NO5/c1-20-14(19)10-11(16)9(12(17)15-13(10)18)7-8-5-3-2-4-6-8/h8H,2-7H2,1H3,(H3,15,16,17,18). The number of aromatic amines is 1. The first-order valence-corrected chi connectivity index (χ1v) is 6.80. The number of nitrogens with one attached hydrogen (secondary N) is 1. The molecular weight excluding hydrogens is 262 g/mol. The van der Waals surface area contributed by atoms with E-state index in [0.29, 0.717) is 12.3 Å². The molecule has 20 heavy (non-hydrogen) atoms. The van der Waals surface area contributed by atoms with E-state index in [4.69, 9.17) is 0 Å². The lowest BCUT2D eigenvalue weighted by Crippen LogP contribution is -2.21. The van der Waals surface area contributed by atoms with Crippen LogP contribution in [0, 0.1) is 5.92 Å². The van der Waals surface area contributed by atoms with Gasteiger partial charge < -0.3 is 14.9 Å². The molecule has 110 valence electrons. The molecule has 1 aromatic rings.